The average molecular weight is 289 g/mol. The third-order valence-corrected chi connectivity index (χ3v) is 3.90. The van der Waals surface area contributed by atoms with E-state index in [0.717, 1.165) is 5.56 Å². The van der Waals surface area contributed by atoms with Gasteiger partial charge in [-0.15, -0.1) is 0 Å². The molecule has 0 N–H and O–H groups in total. The van der Waals surface area contributed by atoms with E-state index in [4.69, 9.17) is 9.47 Å². The monoisotopic (exact) mass is 289 g/mol. The molecule has 0 aromatic heterocycles. The second-order valence-corrected chi connectivity index (χ2v) is 5.76. The number of amides is 1. The number of fused-ring (bicyclic) bond motifs is 1. The van der Waals surface area contributed by atoms with Gasteiger partial charge in [-0.3, -0.25) is 4.79 Å². The van der Waals surface area contributed by atoms with Crippen molar-refractivity contribution in [2.24, 2.45) is 0 Å². The number of carbonyl (C=O) groups is 2. The molecule has 3 atom stereocenters. The number of esters is 1. The Hall–Kier alpha value is -1.88. The SMILES string of the molecule is CC1CN(C(=O)C2Cc3ccccc3C(=O)O2)CC(C)O1. The second-order valence-electron chi connectivity index (χ2n) is 5.76. The van der Waals surface area contributed by atoms with E-state index in [9.17, 15) is 9.59 Å². The highest BCUT2D eigenvalue weighted by Gasteiger charge is 2.36. The first-order chi connectivity index (χ1) is 10.0. The highest BCUT2D eigenvalue weighted by molar-refractivity contribution is 5.95. The maximum Gasteiger partial charge on any atom is 0.339 e. The third kappa shape index (κ3) is 2.78. The van der Waals surface area contributed by atoms with Crippen LogP contribution in [-0.4, -0.2) is 48.2 Å². The van der Waals surface area contributed by atoms with Crippen LogP contribution < -0.4 is 0 Å². The molecule has 1 saturated heterocycles. The van der Waals surface area contributed by atoms with Crippen LogP contribution in [-0.2, 0) is 20.7 Å². The summed E-state index contributed by atoms with van der Waals surface area (Å²) in [6, 6.07) is 7.28. The van der Waals surface area contributed by atoms with Crippen LogP contribution in [0, 0.1) is 0 Å². The standard InChI is InChI=1S/C16H19NO4/c1-10-8-17(9-11(2)20-10)15(18)14-7-12-5-3-4-6-13(12)16(19)21-14/h3-6,10-11,14H,7-9H2,1-2H3. The molecule has 21 heavy (non-hydrogen) atoms. The van der Waals surface area contributed by atoms with E-state index < -0.39 is 12.1 Å². The molecular formula is C16H19NO4. The topological polar surface area (TPSA) is 55.8 Å². The van der Waals surface area contributed by atoms with Crippen LogP contribution in [0.5, 0.6) is 0 Å². The summed E-state index contributed by atoms with van der Waals surface area (Å²) in [5, 5.41) is 0. The van der Waals surface area contributed by atoms with Crippen molar-refractivity contribution in [2.75, 3.05) is 13.1 Å². The average Bonchev–Trinajstić information content (AvgIpc) is 2.45. The highest BCUT2D eigenvalue weighted by atomic mass is 16.5. The van der Waals surface area contributed by atoms with Crippen molar-refractivity contribution in [3.8, 4) is 0 Å². The molecule has 3 unspecified atom stereocenters. The number of hydrogen-bond acceptors (Lipinski definition) is 4. The molecule has 0 spiro atoms. The molecular weight excluding hydrogens is 270 g/mol. The number of hydrogen-bond donors (Lipinski definition) is 0. The Labute approximate surface area is 123 Å². The fraction of sp³-hybridized carbons (Fsp3) is 0.500. The zero-order valence-electron chi connectivity index (χ0n) is 12.2. The summed E-state index contributed by atoms with van der Waals surface area (Å²) in [6.07, 6.45) is -0.264. The number of morpholine rings is 1. The quantitative estimate of drug-likeness (QED) is 0.733. The number of nitrogens with zero attached hydrogens (tertiary/aromatic N) is 1. The minimum absolute atomic E-state index is 0.00396. The molecule has 0 aliphatic carbocycles. The van der Waals surface area contributed by atoms with Gasteiger partial charge in [0.1, 0.15) is 0 Å². The number of cyclic esters (lactones) is 1. The Morgan fingerprint density at radius 3 is 2.57 bits per heavy atom. The van der Waals surface area contributed by atoms with E-state index in [1.54, 1.807) is 17.0 Å². The van der Waals surface area contributed by atoms with Crippen LogP contribution in [0.25, 0.3) is 0 Å². The summed E-state index contributed by atoms with van der Waals surface area (Å²) >= 11 is 0. The fourth-order valence-corrected chi connectivity index (χ4v) is 3.03. The second kappa shape index (κ2) is 5.48. The summed E-state index contributed by atoms with van der Waals surface area (Å²) in [4.78, 5) is 26.3. The molecule has 1 aromatic rings. The predicted octanol–water partition coefficient (Wildman–Crippen LogP) is 1.40. The Balaban J connectivity index is 1.76. The minimum Gasteiger partial charge on any atom is -0.448 e. The lowest BCUT2D eigenvalue weighted by atomic mass is 9.98. The Morgan fingerprint density at radius 1 is 1.19 bits per heavy atom. The molecule has 3 rings (SSSR count). The zero-order chi connectivity index (χ0) is 15.0. The van der Waals surface area contributed by atoms with Gasteiger partial charge in [-0.2, -0.15) is 0 Å². The van der Waals surface area contributed by atoms with Gasteiger partial charge in [-0.1, -0.05) is 18.2 Å². The molecule has 2 heterocycles. The lowest BCUT2D eigenvalue weighted by Gasteiger charge is -2.37. The van der Waals surface area contributed by atoms with Gasteiger partial charge in [-0.25, -0.2) is 4.79 Å². The van der Waals surface area contributed by atoms with E-state index in [-0.39, 0.29) is 18.1 Å². The molecule has 1 amide bonds. The molecule has 2 aliphatic heterocycles. The number of ether oxygens (including phenoxy) is 2. The lowest BCUT2D eigenvalue weighted by Crippen LogP contribution is -2.53. The molecule has 5 nitrogen and oxygen atoms in total. The van der Waals surface area contributed by atoms with Crippen LogP contribution in [0.2, 0.25) is 0 Å². The van der Waals surface area contributed by atoms with E-state index in [2.05, 4.69) is 0 Å². The number of benzene rings is 1. The van der Waals surface area contributed by atoms with Gasteiger partial charge in [0.15, 0.2) is 6.10 Å². The Morgan fingerprint density at radius 2 is 1.86 bits per heavy atom. The van der Waals surface area contributed by atoms with Gasteiger partial charge in [0, 0.05) is 19.5 Å². The van der Waals surface area contributed by atoms with Crippen LogP contribution in [0.1, 0.15) is 29.8 Å². The van der Waals surface area contributed by atoms with Gasteiger partial charge in [0.2, 0.25) is 0 Å². The van der Waals surface area contributed by atoms with Crippen molar-refractivity contribution in [1.82, 2.24) is 4.90 Å². The molecule has 112 valence electrons. The smallest absolute Gasteiger partial charge is 0.339 e. The summed E-state index contributed by atoms with van der Waals surface area (Å²) in [5.74, 6) is -0.538. The summed E-state index contributed by atoms with van der Waals surface area (Å²) < 4.78 is 11.0. The van der Waals surface area contributed by atoms with E-state index in [1.165, 1.54) is 0 Å². The van der Waals surface area contributed by atoms with Gasteiger partial charge >= 0.3 is 5.97 Å². The fourth-order valence-electron chi connectivity index (χ4n) is 3.03. The largest absolute Gasteiger partial charge is 0.448 e. The number of carbonyl (C=O) groups excluding carboxylic acids is 2. The van der Waals surface area contributed by atoms with E-state index in [0.29, 0.717) is 25.1 Å². The zero-order valence-corrected chi connectivity index (χ0v) is 12.2. The Bertz CT molecular complexity index is 561. The van der Waals surface area contributed by atoms with Gasteiger partial charge in [0.25, 0.3) is 5.91 Å². The molecule has 5 heteroatoms. The van der Waals surface area contributed by atoms with Crippen molar-refractivity contribution < 1.29 is 19.1 Å². The molecule has 1 aromatic carbocycles. The first kappa shape index (κ1) is 14.1. The van der Waals surface area contributed by atoms with Gasteiger partial charge in [-0.05, 0) is 25.5 Å². The van der Waals surface area contributed by atoms with Crippen molar-refractivity contribution in [3.63, 3.8) is 0 Å². The molecule has 2 aliphatic rings. The summed E-state index contributed by atoms with van der Waals surface area (Å²) in [5.41, 5.74) is 1.44. The van der Waals surface area contributed by atoms with Crippen molar-refractivity contribution in [3.05, 3.63) is 35.4 Å². The minimum atomic E-state index is -0.718. The van der Waals surface area contributed by atoms with Crippen LogP contribution >= 0.6 is 0 Å². The summed E-state index contributed by atoms with van der Waals surface area (Å²) in [6.45, 7) is 4.97. The maximum atomic E-state index is 12.6. The third-order valence-electron chi connectivity index (χ3n) is 3.90. The normalized spacial score (nSPS) is 28.8. The van der Waals surface area contributed by atoms with Crippen molar-refractivity contribution in [2.45, 2.75) is 38.6 Å². The van der Waals surface area contributed by atoms with Crippen molar-refractivity contribution in [1.29, 1.82) is 0 Å². The van der Waals surface area contributed by atoms with Crippen LogP contribution in [0.15, 0.2) is 24.3 Å². The Kier molecular flexibility index (Phi) is 3.68. The maximum absolute atomic E-state index is 12.6. The van der Waals surface area contributed by atoms with Gasteiger partial charge < -0.3 is 14.4 Å². The van der Waals surface area contributed by atoms with E-state index >= 15 is 0 Å². The van der Waals surface area contributed by atoms with E-state index in [1.807, 2.05) is 26.0 Å². The predicted molar refractivity (Wildman–Crippen MR) is 75.9 cm³/mol. The molecule has 0 radical (unpaired) electrons. The highest BCUT2D eigenvalue weighted by Crippen LogP contribution is 2.23. The first-order valence-electron chi connectivity index (χ1n) is 7.27. The molecule has 0 saturated carbocycles. The molecule has 0 bridgehead atoms. The first-order valence-corrected chi connectivity index (χ1v) is 7.27. The summed E-state index contributed by atoms with van der Waals surface area (Å²) in [7, 11) is 0. The van der Waals surface area contributed by atoms with Crippen LogP contribution in [0.4, 0.5) is 0 Å². The van der Waals surface area contributed by atoms with Crippen LogP contribution in [0.3, 0.4) is 0 Å². The number of rotatable bonds is 1. The van der Waals surface area contributed by atoms with Crippen molar-refractivity contribution >= 4 is 11.9 Å². The van der Waals surface area contributed by atoms with Gasteiger partial charge in [0.05, 0.1) is 17.8 Å². The lowest BCUT2D eigenvalue weighted by molar-refractivity contribution is -0.152. The molecule has 1 fully saturated rings.